The van der Waals surface area contributed by atoms with Gasteiger partial charge in [0.15, 0.2) is 0 Å². The molecule has 1 aliphatic heterocycles. The standard InChI is InChI=1S/C23H27N3O5/c1-3-14-31-23(28)17-4-7-19(8-5-17)24-22(27)18-6-9-20(21(15-18)26(29)30)25-12-10-16(2)11-13-25/h4-9,15-16H,3,10-14H2,1-2H3,(H,24,27). The van der Waals surface area contributed by atoms with E-state index in [2.05, 4.69) is 12.2 Å². The third-order valence-electron chi connectivity index (χ3n) is 5.37. The van der Waals surface area contributed by atoms with Gasteiger partial charge in [-0.15, -0.1) is 0 Å². The lowest BCUT2D eigenvalue weighted by atomic mass is 9.98. The smallest absolute Gasteiger partial charge is 0.338 e. The molecular weight excluding hydrogens is 398 g/mol. The molecule has 0 aliphatic carbocycles. The van der Waals surface area contributed by atoms with E-state index < -0.39 is 16.8 Å². The number of hydrogen-bond donors (Lipinski definition) is 1. The van der Waals surface area contributed by atoms with Crippen LogP contribution in [0.3, 0.4) is 0 Å². The molecule has 2 aromatic rings. The fourth-order valence-electron chi connectivity index (χ4n) is 3.50. The van der Waals surface area contributed by atoms with Gasteiger partial charge in [0.1, 0.15) is 5.69 Å². The van der Waals surface area contributed by atoms with Gasteiger partial charge in [-0.05, 0) is 61.6 Å². The van der Waals surface area contributed by atoms with Crippen molar-refractivity contribution in [1.82, 2.24) is 0 Å². The van der Waals surface area contributed by atoms with Gasteiger partial charge in [0.25, 0.3) is 11.6 Å². The summed E-state index contributed by atoms with van der Waals surface area (Å²) in [6, 6.07) is 10.9. The molecule has 1 N–H and O–H groups in total. The molecule has 3 rings (SSSR count). The summed E-state index contributed by atoms with van der Waals surface area (Å²) in [5.41, 5.74) is 1.54. The van der Waals surface area contributed by atoms with Gasteiger partial charge < -0.3 is 15.0 Å². The van der Waals surface area contributed by atoms with Gasteiger partial charge in [-0.2, -0.15) is 0 Å². The summed E-state index contributed by atoms with van der Waals surface area (Å²) in [6.07, 6.45) is 2.71. The van der Waals surface area contributed by atoms with Crippen molar-refractivity contribution < 1.29 is 19.2 Å². The molecule has 8 nitrogen and oxygen atoms in total. The Bertz CT molecular complexity index is 950. The lowest BCUT2D eigenvalue weighted by molar-refractivity contribution is -0.384. The minimum atomic E-state index is -0.455. The van der Waals surface area contributed by atoms with Crippen molar-refractivity contribution in [1.29, 1.82) is 0 Å². The number of carbonyl (C=O) groups is 2. The summed E-state index contributed by atoms with van der Waals surface area (Å²) < 4.78 is 5.08. The first-order valence-electron chi connectivity index (χ1n) is 10.5. The molecule has 1 aliphatic rings. The molecule has 8 heteroatoms. The van der Waals surface area contributed by atoms with Crippen molar-refractivity contribution in [3.05, 3.63) is 63.7 Å². The van der Waals surface area contributed by atoms with Gasteiger partial charge in [0.2, 0.25) is 0 Å². The van der Waals surface area contributed by atoms with E-state index in [1.165, 1.54) is 6.07 Å². The molecule has 31 heavy (non-hydrogen) atoms. The van der Waals surface area contributed by atoms with Crippen LogP contribution in [-0.2, 0) is 4.74 Å². The van der Waals surface area contributed by atoms with E-state index in [9.17, 15) is 19.7 Å². The van der Waals surface area contributed by atoms with Crippen LogP contribution >= 0.6 is 0 Å². The number of piperidine rings is 1. The third-order valence-corrected chi connectivity index (χ3v) is 5.37. The number of rotatable bonds is 7. The first-order chi connectivity index (χ1) is 14.9. The molecule has 1 saturated heterocycles. The molecule has 0 unspecified atom stereocenters. The molecule has 164 valence electrons. The lowest BCUT2D eigenvalue weighted by Gasteiger charge is -2.31. The minimum absolute atomic E-state index is 0.0729. The quantitative estimate of drug-likeness (QED) is 0.394. The molecule has 1 fully saturated rings. The normalized spacial score (nSPS) is 14.2. The summed E-state index contributed by atoms with van der Waals surface area (Å²) >= 11 is 0. The molecule has 0 saturated carbocycles. The highest BCUT2D eigenvalue weighted by Crippen LogP contribution is 2.32. The molecule has 1 amide bonds. The van der Waals surface area contributed by atoms with E-state index in [4.69, 9.17) is 4.74 Å². The number of carbonyl (C=O) groups excluding carboxylic acids is 2. The van der Waals surface area contributed by atoms with E-state index in [0.29, 0.717) is 29.5 Å². The second-order valence-electron chi connectivity index (χ2n) is 7.80. The SMILES string of the molecule is CCCOC(=O)c1ccc(NC(=O)c2ccc(N3CCC(C)CC3)c([N+](=O)[O-])c2)cc1. The average Bonchev–Trinajstić information content (AvgIpc) is 2.78. The van der Waals surface area contributed by atoms with Gasteiger partial charge in [0, 0.05) is 30.4 Å². The maximum absolute atomic E-state index is 12.6. The second kappa shape index (κ2) is 10.1. The predicted octanol–water partition coefficient (Wildman–Crippen LogP) is 4.65. The van der Waals surface area contributed by atoms with Gasteiger partial charge in [0.05, 0.1) is 17.1 Å². The monoisotopic (exact) mass is 425 g/mol. The van der Waals surface area contributed by atoms with Crippen LogP contribution in [0.1, 0.15) is 53.8 Å². The first kappa shape index (κ1) is 22.3. The minimum Gasteiger partial charge on any atom is -0.462 e. The highest BCUT2D eigenvalue weighted by Gasteiger charge is 2.24. The Hall–Kier alpha value is -3.42. The van der Waals surface area contributed by atoms with Crippen molar-refractivity contribution >= 4 is 28.9 Å². The Morgan fingerprint density at radius 3 is 2.39 bits per heavy atom. The van der Waals surface area contributed by atoms with Gasteiger partial charge >= 0.3 is 5.97 Å². The van der Waals surface area contributed by atoms with Crippen LogP contribution in [0, 0.1) is 16.0 Å². The molecule has 0 atom stereocenters. The topological polar surface area (TPSA) is 102 Å². The van der Waals surface area contributed by atoms with Gasteiger partial charge in [-0.25, -0.2) is 4.79 Å². The lowest BCUT2D eigenvalue weighted by Crippen LogP contribution is -2.33. The zero-order valence-corrected chi connectivity index (χ0v) is 17.8. The van der Waals surface area contributed by atoms with Gasteiger partial charge in [-0.1, -0.05) is 13.8 Å². The second-order valence-corrected chi connectivity index (χ2v) is 7.80. The van der Waals surface area contributed by atoms with E-state index in [0.717, 1.165) is 32.4 Å². The first-order valence-corrected chi connectivity index (χ1v) is 10.5. The van der Waals surface area contributed by atoms with Crippen LogP contribution in [0.15, 0.2) is 42.5 Å². The Morgan fingerprint density at radius 1 is 1.13 bits per heavy atom. The molecule has 0 radical (unpaired) electrons. The van der Waals surface area contributed by atoms with Crippen LogP contribution < -0.4 is 10.2 Å². The fraction of sp³-hybridized carbons (Fsp3) is 0.391. The van der Waals surface area contributed by atoms with Crippen LogP contribution in [0.2, 0.25) is 0 Å². The van der Waals surface area contributed by atoms with Gasteiger partial charge in [-0.3, -0.25) is 14.9 Å². The number of nitrogens with zero attached hydrogens (tertiary/aromatic N) is 2. The van der Waals surface area contributed by atoms with E-state index in [1.807, 2.05) is 11.8 Å². The highest BCUT2D eigenvalue weighted by molar-refractivity contribution is 6.05. The number of amides is 1. The Kier molecular flexibility index (Phi) is 7.23. The summed E-state index contributed by atoms with van der Waals surface area (Å²) in [6.45, 7) is 5.97. The number of ether oxygens (including phenoxy) is 1. The van der Waals surface area contributed by atoms with Crippen LogP contribution in [0.5, 0.6) is 0 Å². The Labute approximate surface area is 181 Å². The molecule has 0 bridgehead atoms. The zero-order valence-electron chi connectivity index (χ0n) is 17.8. The molecule has 1 heterocycles. The number of hydrogen-bond acceptors (Lipinski definition) is 6. The zero-order chi connectivity index (χ0) is 22.4. The van der Waals surface area contributed by atoms with Crippen molar-refractivity contribution in [2.75, 3.05) is 29.9 Å². The van der Waals surface area contributed by atoms with Crippen molar-refractivity contribution in [3.8, 4) is 0 Å². The van der Waals surface area contributed by atoms with Crippen LogP contribution in [0.4, 0.5) is 17.1 Å². The number of nitro groups is 1. The number of nitro benzene ring substituents is 1. The Morgan fingerprint density at radius 2 is 1.77 bits per heavy atom. The summed E-state index contributed by atoms with van der Waals surface area (Å²) in [7, 11) is 0. The van der Waals surface area contributed by atoms with E-state index in [-0.39, 0.29) is 11.3 Å². The summed E-state index contributed by atoms with van der Waals surface area (Å²) in [4.78, 5) is 37.7. The van der Waals surface area contributed by atoms with Crippen molar-refractivity contribution in [2.24, 2.45) is 5.92 Å². The maximum atomic E-state index is 12.6. The largest absolute Gasteiger partial charge is 0.462 e. The number of esters is 1. The molecule has 0 spiro atoms. The van der Waals surface area contributed by atoms with E-state index >= 15 is 0 Å². The fourth-order valence-corrected chi connectivity index (χ4v) is 3.50. The molecular formula is C23H27N3O5. The number of nitrogens with one attached hydrogen (secondary N) is 1. The molecule has 0 aromatic heterocycles. The predicted molar refractivity (Wildman–Crippen MR) is 119 cm³/mol. The third kappa shape index (κ3) is 5.59. The number of anilines is 2. The average molecular weight is 425 g/mol. The highest BCUT2D eigenvalue weighted by atomic mass is 16.6. The summed E-state index contributed by atoms with van der Waals surface area (Å²) in [5.74, 6) is -0.262. The molecule has 2 aromatic carbocycles. The van der Waals surface area contributed by atoms with Crippen molar-refractivity contribution in [2.45, 2.75) is 33.1 Å². The maximum Gasteiger partial charge on any atom is 0.338 e. The van der Waals surface area contributed by atoms with Crippen LogP contribution in [-0.4, -0.2) is 36.5 Å². The van der Waals surface area contributed by atoms with Crippen LogP contribution in [0.25, 0.3) is 0 Å². The summed E-state index contributed by atoms with van der Waals surface area (Å²) in [5, 5.41) is 14.4. The Balaban J connectivity index is 1.72. The van der Waals surface area contributed by atoms with E-state index in [1.54, 1.807) is 36.4 Å². The number of benzene rings is 2. The van der Waals surface area contributed by atoms with Crippen molar-refractivity contribution in [3.63, 3.8) is 0 Å².